The molecule has 17 nitrogen and oxygen atoms in total. The van der Waals surface area contributed by atoms with Crippen LogP contribution in [-0.4, -0.2) is 130 Å². The van der Waals surface area contributed by atoms with Gasteiger partial charge in [0, 0.05) is 11.6 Å². The summed E-state index contributed by atoms with van der Waals surface area (Å²) in [4.78, 5) is 14.0. The standard InChI is InChI=1S/C27H30O17/c28-5-12-16(33)20(37)22(39)25(42-12)14-10(32)4-11-15(18(14)35)19(36)26(24(41-11)7-1-2-8(30)9(31)3-7)44-27-23(40)21(38)17(34)13(6-29)43-27/h1-4,12-13,16-17,20-23,25,27-35,37-40H,5-6H2/t12-,13-,16-,17-,20+,21-,22-,23-,25+,27+/m1/s1. The van der Waals surface area contributed by atoms with Gasteiger partial charge >= 0.3 is 0 Å². The number of phenols is 4. The smallest absolute Gasteiger partial charge is 0.239 e. The van der Waals surface area contributed by atoms with Crippen LogP contribution in [0.25, 0.3) is 22.3 Å². The first-order chi connectivity index (χ1) is 20.8. The second-order valence-corrected chi connectivity index (χ2v) is 10.4. The number of aliphatic hydroxyl groups excluding tert-OH is 8. The molecule has 5 rings (SSSR count). The minimum absolute atomic E-state index is 0.115. The molecular weight excluding hydrogens is 596 g/mol. The van der Waals surface area contributed by atoms with Crippen LogP contribution in [0.4, 0.5) is 0 Å². The molecular formula is C27H30O17. The van der Waals surface area contributed by atoms with Gasteiger partial charge in [-0.2, -0.15) is 0 Å². The summed E-state index contributed by atoms with van der Waals surface area (Å²) in [6, 6.07) is 4.02. The van der Waals surface area contributed by atoms with Crippen molar-refractivity contribution in [3.05, 3.63) is 40.1 Å². The highest BCUT2D eigenvalue weighted by atomic mass is 16.7. The van der Waals surface area contributed by atoms with Crippen molar-refractivity contribution < 1.29 is 79.9 Å². The average Bonchev–Trinajstić information content (AvgIpc) is 2.99. The third kappa shape index (κ3) is 5.18. The van der Waals surface area contributed by atoms with Crippen LogP contribution in [-0.2, 0) is 9.47 Å². The molecule has 240 valence electrons. The topological polar surface area (TPSA) is 301 Å². The lowest BCUT2D eigenvalue weighted by molar-refractivity contribution is -0.277. The number of hydrogen-bond donors (Lipinski definition) is 12. The molecule has 3 aromatic rings. The summed E-state index contributed by atoms with van der Waals surface area (Å²) in [7, 11) is 0. The van der Waals surface area contributed by atoms with Crippen molar-refractivity contribution in [1.29, 1.82) is 0 Å². The van der Waals surface area contributed by atoms with Crippen LogP contribution < -0.4 is 10.2 Å². The molecule has 17 heteroatoms. The van der Waals surface area contributed by atoms with Crippen molar-refractivity contribution in [2.45, 2.75) is 61.2 Å². The number of rotatable bonds is 6. The van der Waals surface area contributed by atoms with Crippen molar-refractivity contribution >= 4 is 11.0 Å². The zero-order chi connectivity index (χ0) is 32.2. The predicted octanol–water partition coefficient (Wildman–Crippen LogP) is -3.02. The number of ether oxygens (including phenoxy) is 3. The normalized spacial score (nSPS) is 32.5. The second kappa shape index (κ2) is 12.0. The van der Waals surface area contributed by atoms with Crippen LogP contribution in [0.1, 0.15) is 11.7 Å². The Balaban J connectivity index is 1.71. The summed E-state index contributed by atoms with van der Waals surface area (Å²) in [5.41, 5.74) is -2.47. The first-order valence-corrected chi connectivity index (χ1v) is 13.2. The third-order valence-corrected chi connectivity index (χ3v) is 7.63. The molecule has 0 bridgehead atoms. The van der Waals surface area contributed by atoms with Crippen LogP contribution in [0.15, 0.2) is 33.5 Å². The Morgan fingerprint density at radius 3 is 1.93 bits per heavy atom. The molecule has 2 aromatic carbocycles. The van der Waals surface area contributed by atoms with E-state index < -0.39 is 131 Å². The lowest BCUT2D eigenvalue weighted by Gasteiger charge is -2.40. The van der Waals surface area contributed by atoms with Gasteiger partial charge in [-0.15, -0.1) is 0 Å². The van der Waals surface area contributed by atoms with Crippen LogP contribution in [0.5, 0.6) is 28.7 Å². The van der Waals surface area contributed by atoms with E-state index in [0.717, 1.165) is 18.2 Å². The molecule has 2 fully saturated rings. The van der Waals surface area contributed by atoms with E-state index >= 15 is 0 Å². The molecule has 0 spiro atoms. The van der Waals surface area contributed by atoms with Crippen molar-refractivity contribution in [2.75, 3.05) is 13.2 Å². The fourth-order valence-electron chi connectivity index (χ4n) is 5.18. The third-order valence-electron chi connectivity index (χ3n) is 7.63. The maximum absolute atomic E-state index is 14.0. The van der Waals surface area contributed by atoms with E-state index in [1.807, 2.05) is 0 Å². The Morgan fingerprint density at radius 1 is 0.705 bits per heavy atom. The molecule has 44 heavy (non-hydrogen) atoms. The molecule has 0 unspecified atom stereocenters. The Morgan fingerprint density at radius 2 is 1.32 bits per heavy atom. The monoisotopic (exact) mass is 626 g/mol. The van der Waals surface area contributed by atoms with E-state index in [9.17, 15) is 66.1 Å². The van der Waals surface area contributed by atoms with Gasteiger partial charge in [0.15, 0.2) is 17.3 Å². The minimum Gasteiger partial charge on any atom is -0.507 e. The minimum atomic E-state index is -2.00. The van der Waals surface area contributed by atoms with Gasteiger partial charge in [-0.25, -0.2) is 0 Å². The molecule has 2 saturated heterocycles. The van der Waals surface area contributed by atoms with E-state index in [2.05, 4.69) is 0 Å². The summed E-state index contributed by atoms with van der Waals surface area (Å²) in [5.74, 6) is -4.40. The summed E-state index contributed by atoms with van der Waals surface area (Å²) in [5, 5.41) is 122. The second-order valence-electron chi connectivity index (χ2n) is 10.4. The maximum Gasteiger partial charge on any atom is 0.239 e. The highest BCUT2D eigenvalue weighted by molar-refractivity contribution is 5.90. The summed E-state index contributed by atoms with van der Waals surface area (Å²) in [6.07, 6.45) is -18.0. The summed E-state index contributed by atoms with van der Waals surface area (Å²) >= 11 is 0. The van der Waals surface area contributed by atoms with Crippen LogP contribution in [0.3, 0.4) is 0 Å². The zero-order valence-electron chi connectivity index (χ0n) is 22.4. The van der Waals surface area contributed by atoms with Crippen LogP contribution in [0.2, 0.25) is 0 Å². The number of benzene rings is 2. The molecule has 10 atom stereocenters. The number of fused-ring (bicyclic) bond motifs is 1. The predicted molar refractivity (Wildman–Crippen MR) is 142 cm³/mol. The maximum atomic E-state index is 14.0. The van der Waals surface area contributed by atoms with Crippen LogP contribution >= 0.6 is 0 Å². The first-order valence-electron chi connectivity index (χ1n) is 13.2. The zero-order valence-corrected chi connectivity index (χ0v) is 22.4. The Hall–Kier alpha value is -3.75. The van der Waals surface area contributed by atoms with Gasteiger partial charge in [-0.05, 0) is 18.2 Å². The largest absolute Gasteiger partial charge is 0.507 e. The molecule has 2 aliphatic rings. The molecule has 0 amide bonds. The van der Waals surface area contributed by atoms with Gasteiger partial charge in [-0.3, -0.25) is 4.79 Å². The summed E-state index contributed by atoms with van der Waals surface area (Å²) < 4.78 is 22.1. The number of aliphatic hydroxyl groups is 8. The van der Waals surface area contributed by atoms with Gasteiger partial charge in [-0.1, -0.05) is 0 Å². The summed E-state index contributed by atoms with van der Waals surface area (Å²) in [6.45, 7) is -1.67. The van der Waals surface area contributed by atoms with E-state index in [1.54, 1.807) is 0 Å². The van der Waals surface area contributed by atoms with Gasteiger partial charge < -0.3 is 79.9 Å². The number of hydrogen-bond acceptors (Lipinski definition) is 17. The van der Waals surface area contributed by atoms with Crippen molar-refractivity contribution in [1.82, 2.24) is 0 Å². The molecule has 3 heterocycles. The average molecular weight is 627 g/mol. The van der Waals surface area contributed by atoms with E-state index in [0.29, 0.717) is 0 Å². The quantitative estimate of drug-likeness (QED) is 0.121. The van der Waals surface area contributed by atoms with E-state index in [-0.39, 0.29) is 5.56 Å². The lowest BCUT2D eigenvalue weighted by Crippen LogP contribution is -2.60. The van der Waals surface area contributed by atoms with Gasteiger partial charge in [0.2, 0.25) is 17.5 Å². The highest BCUT2D eigenvalue weighted by Gasteiger charge is 2.47. The van der Waals surface area contributed by atoms with E-state index in [4.69, 9.17) is 18.6 Å². The SMILES string of the molecule is O=c1c(O[C@@H]2O[C@H](CO)[C@@H](O)[C@@H](O)[C@H]2O)c(-c2ccc(O)c(O)c2)oc2cc(O)c([C@@H]3O[C@H](CO)[C@@H](O)[C@H](O)[C@H]3O)c(O)c12. The Labute approximate surface area is 245 Å². The first kappa shape index (κ1) is 31.7. The van der Waals surface area contributed by atoms with Crippen molar-refractivity contribution in [3.63, 3.8) is 0 Å². The fourth-order valence-corrected chi connectivity index (χ4v) is 5.18. The van der Waals surface area contributed by atoms with E-state index in [1.165, 1.54) is 6.07 Å². The van der Waals surface area contributed by atoms with Crippen molar-refractivity contribution in [3.8, 4) is 40.1 Å². The Bertz CT molecular complexity index is 1590. The highest BCUT2D eigenvalue weighted by Crippen LogP contribution is 2.46. The van der Waals surface area contributed by atoms with Gasteiger partial charge in [0.25, 0.3) is 0 Å². The van der Waals surface area contributed by atoms with Crippen molar-refractivity contribution in [2.24, 2.45) is 0 Å². The van der Waals surface area contributed by atoms with Crippen LogP contribution in [0, 0.1) is 0 Å². The molecule has 1 aromatic heterocycles. The molecule has 12 N–H and O–H groups in total. The molecule has 2 aliphatic heterocycles. The number of aromatic hydroxyl groups is 4. The molecule has 0 aliphatic carbocycles. The molecule has 0 saturated carbocycles. The van der Waals surface area contributed by atoms with Gasteiger partial charge in [0.05, 0.1) is 18.8 Å². The number of phenolic OH excluding ortho intramolecular Hbond substituents is 4. The van der Waals surface area contributed by atoms with Gasteiger partial charge in [0.1, 0.15) is 77.4 Å². The Kier molecular flexibility index (Phi) is 8.62. The molecule has 0 radical (unpaired) electrons. The fraction of sp³-hybridized carbons (Fsp3) is 0.444. The lowest BCUT2D eigenvalue weighted by atomic mass is 9.89.